The fraction of sp³-hybridized carbons (Fsp3) is 0.250. The first-order chi connectivity index (χ1) is 4.35. The number of nitriles is 2. The molecule has 0 rings (SSSR count). The van der Waals surface area contributed by atoms with Gasteiger partial charge in [-0.05, 0) is 0 Å². The molecule has 0 heterocycles. The van der Waals surface area contributed by atoms with Crippen LogP contribution >= 0.6 is 0 Å². The fourth-order valence-corrected chi connectivity index (χ4v) is 0.155. The van der Waals surface area contributed by atoms with Crippen molar-refractivity contribution in [1.82, 2.24) is 0 Å². The average Bonchev–Trinajstić information content (AvgIpc) is 1.91. The summed E-state index contributed by atoms with van der Waals surface area (Å²) in [5.41, 5.74) is -0.493. The quantitative estimate of drug-likeness (QED) is 0.396. The lowest BCUT2D eigenvalue weighted by Gasteiger charge is -1.83. The number of hydrogen-bond donors (Lipinski definition) is 0. The molecule has 0 aromatic carbocycles. The van der Waals surface area contributed by atoms with Crippen LogP contribution in [0.2, 0.25) is 0 Å². The summed E-state index contributed by atoms with van der Waals surface area (Å²) >= 11 is 0. The van der Waals surface area contributed by atoms with Crippen molar-refractivity contribution in [3.05, 3.63) is 0 Å². The minimum Gasteiger partial charge on any atom is -0.360 e. The Kier molecular flexibility index (Phi) is 3.72. The van der Waals surface area contributed by atoms with Crippen molar-refractivity contribution >= 4 is 5.71 Å². The molecule has 0 aromatic heterocycles. The molecular formula is C4H2FN3O. The van der Waals surface area contributed by atoms with Crippen molar-refractivity contribution in [1.29, 1.82) is 10.5 Å². The molecule has 0 radical (unpaired) electrons. The van der Waals surface area contributed by atoms with Gasteiger partial charge in [-0.15, -0.1) is 0 Å². The second kappa shape index (κ2) is 4.54. The van der Waals surface area contributed by atoms with E-state index in [1.165, 1.54) is 12.1 Å². The van der Waals surface area contributed by atoms with Crippen LogP contribution in [0.5, 0.6) is 0 Å². The Hall–Kier alpha value is -1.62. The van der Waals surface area contributed by atoms with Crippen molar-refractivity contribution in [3.63, 3.8) is 0 Å². The molecule has 0 unspecified atom stereocenters. The summed E-state index contributed by atoms with van der Waals surface area (Å²) < 4.78 is 11.1. The molecule has 0 atom stereocenters. The van der Waals surface area contributed by atoms with Gasteiger partial charge in [-0.25, -0.2) is 4.39 Å². The van der Waals surface area contributed by atoms with Gasteiger partial charge in [0, 0.05) is 0 Å². The molecule has 5 heteroatoms. The van der Waals surface area contributed by atoms with Crippen LogP contribution in [0.15, 0.2) is 5.16 Å². The number of rotatable bonds is 2. The largest absolute Gasteiger partial charge is 0.360 e. The topological polar surface area (TPSA) is 69.2 Å². The van der Waals surface area contributed by atoms with Gasteiger partial charge in [0.05, 0.1) is 0 Å². The normalized spacial score (nSPS) is 6.56. The number of halogens is 1. The minimum atomic E-state index is -1.13. The Morgan fingerprint density at radius 2 is 2.11 bits per heavy atom. The monoisotopic (exact) mass is 127 g/mol. The fourth-order valence-electron chi connectivity index (χ4n) is 0.155. The first-order valence-electron chi connectivity index (χ1n) is 1.91. The first kappa shape index (κ1) is 7.38. The molecule has 0 saturated carbocycles. The van der Waals surface area contributed by atoms with Gasteiger partial charge in [-0.1, -0.05) is 5.16 Å². The molecular weight excluding hydrogens is 125 g/mol. The van der Waals surface area contributed by atoms with Crippen LogP contribution in [0, 0.1) is 22.7 Å². The van der Waals surface area contributed by atoms with Gasteiger partial charge in [0.2, 0.25) is 0 Å². The zero-order chi connectivity index (χ0) is 7.11. The number of hydrogen-bond acceptors (Lipinski definition) is 4. The molecule has 4 nitrogen and oxygen atoms in total. The Morgan fingerprint density at radius 1 is 1.56 bits per heavy atom. The summed E-state index contributed by atoms with van der Waals surface area (Å²) in [6.45, 7) is -1.13. The van der Waals surface area contributed by atoms with E-state index in [0.29, 0.717) is 0 Å². The summed E-state index contributed by atoms with van der Waals surface area (Å²) in [7, 11) is 0. The highest BCUT2D eigenvalue weighted by molar-refractivity contribution is 6.09. The van der Waals surface area contributed by atoms with Crippen molar-refractivity contribution < 1.29 is 9.23 Å². The van der Waals surface area contributed by atoms with E-state index in [0.717, 1.165) is 0 Å². The van der Waals surface area contributed by atoms with Crippen molar-refractivity contribution in [2.24, 2.45) is 5.16 Å². The predicted molar refractivity (Wildman–Crippen MR) is 25.7 cm³/mol. The van der Waals surface area contributed by atoms with Gasteiger partial charge >= 0.3 is 0 Å². The van der Waals surface area contributed by atoms with E-state index in [4.69, 9.17) is 10.5 Å². The summed E-state index contributed by atoms with van der Waals surface area (Å²) in [5, 5.41) is 18.7. The summed E-state index contributed by atoms with van der Waals surface area (Å²) in [5.74, 6) is 0. The molecule has 9 heavy (non-hydrogen) atoms. The summed E-state index contributed by atoms with van der Waals surface area (Å²) in [4.78, 5) is 3.75. The van der Waals surface area contributed by atoms with Crippen LogP contribution in [-0.4, -0.2) is 12.6 Å². The maximum Gasteiger partial charge on any atom is 0.256 e. The van der Waals surface area contributed by atoms with E-state index in [-0.39, 0.29) is 0 Å². The highest BCUT2D eigenvalue weighted by Crippen LogP contribution is 1.78. The zero-order valence-electron chi connectivity index (χ0n) is 4.33. The van der Waals surface area contributed by atoms with Gasteiger partial charge in [0.1, 0.15) is 12.1 Å². The number of alkyl halides is 1. The Bertz CT molecular complexity index is 171. The number of oxime groups is 1. The average molecular weight is 127 g/mol. The smallest absolute Gasteiger partial charge is 0.256 e. The molecule has 0 aromatic rings. The van der Waals surface area contributed by atoms with Crippen LogP contribution in [0.4, 0.5) is 4.39 Å². The van der Waals surface area contributed by atoms with Crippen LogP contribution in [0.3, 0.4) is 0 Å². The van der Waals surface area contributed by atoms with Gasteiger partial charge in [0.25, 0.3) is 12.6 Å². The maximum absolute atomic E-state index is 11.1. The van der Waals surface area contributed by atoms with E-state index in [1.54, 1.807) is 0 Å². The van der Waals surface area contributed by atoms with Gasteiger partial charge in [-0.3, -0.25) is 0 Å². The Morgan fingerprint density at radius 3 is 2.44 bits per heavy atom. The van der Waals surface area contributed by atoms with Gasteiger partial charge < -0.3 is 4.84 Å². The lowest BCUT2D eigenvalue weighted by molar-refractivity contribution is 0.0641. The highest BCUT2D eigenvalue weighted by Gasteiger charge is 1.90. The molecule has 46 valence electrons. The third-order valence-electron chi connectivity index (χ3n) is 0.416. The molecule has 0 aliphatic rings. The Balaban J connectivity index is 3.85. The maximum atomic E-state index is 11.1. The van der Waals surface area contributed by atoms with Crippen molar-refractivity contribution in [2.75, 3.05) is 6.86 Å². The van der Waals surface area contributed by atoms with Gasteiger partial charge in [0.15, 0.2) is 0 Å². The number of nitrogens with zero attached hydrogens (tertiary/aromatic N) is 3. The van der Waals surface area contributed by atoms with Crippen LogP contribution in [-0.2, 0) is 4.84 Å². The molecule has 0 bridgehead atoms. The standard InChI is InChI=1S/C4H2FN3O/c5-3-9-8-4(1-6)2-7/h3H2. The molecule has 0 spiro atoms. The lowest BCUT2D eigenvalue weighted by Crippen LogP contribution is -1.89. The zero-order valence-corrected chi connectivity index (χ0v) is 4.33. The third-order valence-corrected chi connectivity index (χ3v) is 0.416. The van der Waals surface area contributed by atoms with Crippen molar-refractivity contribution in [3.8, 4) is 12.1 Å². The van der Waals surface area contributed by atoms with E-state index >= 15 is 0 Å². The molecule has 0 fully saturated rings. The second-order valence-electron chi connectivity index (χ2n) is 0.902. The second-order valence-corrected chi connectivity index (χ2v) is 0.902. The van der Waals surface area contributed by atoms with Crippen LogP contribution in [0.1, 0.15) is 0 Å². The van der Waals surface area contributed by atoms with E-state index in [9.17, 15) is 4.39 Å². The molecule has 0 aliphatic carbocycles. The van der Waals surface area contributed by atoms with E-state index in [2.05, 4.69) is 9.99 Å². The summed E-state index contributed by atoms with van der Waals surface area (Å²) in [6, 6.07) is 2.77. The SMILES string of the molecule is N#CC(C#N)=NOCF. The lowest BCUT2D eigenvalue weighted by atomic mass is 10.5. The Labute approximate surface area is 50.7 Å². The summed E-state index contributed by atoms with van der Waals surface area (Å²) in [6.07, 6.45) is 0. The molecule has 0 aliphatic heterocycles. The van der Waals surface area contributed by atoms with Crippen LogP contribution < -0.4 is 0 Å². The van der Waals surface area contributed by atoms with Crippen LogP contribution in [0.25, 0.3) is 0 Å². The van der Waals surface area contributed by atoms with E-state index < -0.39 is 12.6 Å². The third kappa shape index (κ3) is 3.01. The molecule has 0 N–H and O–H groups in total. The van der Waals surface area contributed by atoms with Gasteiger partial charge in [-0.2, -0.15) is 10.5 Å². The molecule has 0 amide bonds. The molecule has 0 saturated heterocycles. The van der Waals surface area contributed by atoms with Crippen molar-refractivity contribution in [2.45, 2.75) is 0 Å². The predicted octanol–water partition coefficient (Wildman–Crippen LogP) is 0.333. The minimum absolute atomic E-state index is 0.493. The first-order valence-corrected chi connectivity index (χ1v) is 1.91. The van der Waals surface area contributed by atoms with E-state index in [1.807, 2.05) is 0 Å². The highest BCUT2D eigenvalue weighted by atomic mass is 19.1.